The molecule has 2 heterocycles. The van der Waals surface area contributed by atoms with Gasteiger partial charge in [0.25, 0.3) is 0 Å². The highest BCUT2D eigenvalue weighted by atomic mass is 35.5. The van der Waals surface area contributed by atoms with Crippen molar-refractivity contribution in [2.45, 2.75) is 57.4 Å². The quantitative estimate of drug-likeness (QED) is 0.141. The molecular formula is C35H37ClN5O3S+. The lowest BCUT2D eigenvalue weighted by Gasteiger charge is -2.19. The van der Waals surface area contributed by atoms with E-state index in [2.05, 4.69) is 61.8 Å². The summed E-state index contributed by atoms with van der Waals surface area (Å²) in [6.07, 6.45) is 5.56. The maximum Gasteiger partial charge on any atom is 0.229 e. The number of para-hydroxylation sites is 1. The van der Waals surface area contributed by atoms with Crippen molar-refractivity contribution in [2.24, 2.45) is 0 Å². The number of halogens is 1. The van der Waals surface area contributed by atoms with Crippen molar-refractivity contribution in [1.29, 1.82) is 0 Å². The molecule has 2 aromatic heterocycles. The molecule has 232 valence electrons. The Kier molecular flexibility index (Phi) is 9.70. The first kappa shape index (κ1) is 31.9. The van der Waals surface area contributed by atoms with Crippen LogP contribution in [0.3, 0.4) is 0 Å². The summed E-state index contributed by atoms with van der Waals surface area (Å²) in [5.74, 6) is 1.19. The number of nitrogens with one attached hydrogen (secondary N) is 2. The van der Waals surface area contributed by atoms with Crippen LogP contribution in [0.4, 0.5) is 23.1 Å². The van der Waals surface area contributed by atoms with Gasteiger partial charge in [0.05, 0.1) is 33.8 Å². The van der Waals surface area contributed by atoms with E-state index in [-0.39, 0.29) is 27.8 Å². The van der Waals surface area contributed by atoms with Gasteiger partial charge in [-0.3, -0.25) is 0 Å². The number of aromatic nitrogens is 3. The summed E-state index contributed by atoms with van der Waals surface area (Å²) in [6.45, 7) is 10.1. The van der Waals surface area contributed by atoms with Gasteiger partial charge in [0, 0.05) is 17.7 Å². The average molecular weight is 643 g/mol. The molecule has 5 rings (SSSR count). The first-order valence-electron chi connectivity index (χ1n) is 14.8. The third kappa shape index (κ3) is 7.61. The van der Waals surface area contributed by atoms with Crippen LogP contribution in [0.25, 0.3) is 11.1 Å². The molecule has 0 unspecified atom stereocenters. The van der Waals surface area contributed by atoms with Gasteiger partial charge in [0.2, 0.25) is 5.95 Å². The minimum atomic E-state index is -3.55. The first-order chi connectivity index (χ1) is 21.5. The molecule has 0 aliphatic heterocycles. The van der Waals surface area contributed by atoms with Crippen LogP contribution in [0.1, 0.15) is 38.8 Å². The molecule has 2 N–H and O–H groups in total. The number of benzene rings is 3. The monoisotopic (exact) mass is 642 g/mol. The maximum atomic E-state index is 13.0. The fraction of sp³-hybridized carbons (Fsp3) is 0.229. The lowest BCUT2D eigenvalue weighted by Crippen LogP contribution is -2.32. The van der Waals surface area contributed by atoms with E-state index < -0.39 is 15.1 Å². The van der Waals surface area contributed by atoms with Crippen LogP contribution in [0.5, 0.6) is 5.75 Å². The molecule has 0 bridgehead atoms. The number of hydrogen-bond donors (Lipinski definition) is 2. The SMILES string of the molecule is Cc1cc(Nc2ncc(Cl)c(Nc3ccccc3S(=O)(=O)C(C)C)n2)c(OC(C)C)cc1-c1cc[n+](Cc2ccccc2)cc1. The molecular weight excluding hydrogens is 606 g/mol. The third-order valence-corrected chi connectivity index (χ3v) is 9.64. The minimum absolute atomic E-state index is 0.0762. The van der Waals surface area contributed by atoms with Gasteiger partial charge < -0.3 is 15.4 Å². The predicted molar refractivity (Wildman–Crippen MR) is 180 cm³/mol. The number of ether oxygens (including phenoxy) is 1. The van der Waals surface area contributed by atoms with Crippen LogP contribution >= 0.6 is 11.6 Å². The number of sulfone groups is 1. The minimum Gasteiger partial charge on any atom is -0.489 e. The van der Waals surface area contributed by atoms with E-state index in [1.54, 1.807) is 38.1 Å². The van der Waals surface area contributed by atoms with Crippen LogP contribution in [0, 0.1) is 6.92 Å². The van der Waals surface area contributed by atoms with E-state index >= 15 is 0 Å². The Balaban J connectivity index is 1.43. The molecule has 0 atom stereocenters. The van der Waals surface area contributed by atoms with Gasteiger partial charge in [-0.2, -0.15) is 4.98 Å². The molecule has 8 nitrogen and oxygen atoms in total. The maximum absolute atomic E-state index is 13.0. The van der Waals surface area contributed by atoms with E-state index in [1.165, 1.54) is 11.8 Å². The fourth-order valence-electron chi connectivity index (χ4n) is 4.82. The van der Waals surface area contributed by atoms with E-state index in [0.29, 0.717) is 17.1 Å². The normalized spacial score (nSPS) is 11.6. The molecule has 0 fully saturated rings. The Morgan fingerprint density at radius 2 is 1.58 bits per heavy atom. The zero-order valence-corrected chi connectivity index (χ0v) is 27.5. The van der Waals surface area contributed by atoms with Gasteiger partial charge in [0.1, 0.15) is 10.8 Å². The number of nitrogens with zero attached hydrogens (tertiary/aromatic N) is 3. The Bertz CT molecular complexity index is 1900. The predicted octanol–water partition coefficient (Wildman–Crippen LogP) is 7.90. The molecule has 45 heavy (non-hydrogen) atoms. The molecule has 5 aromatic rings. The summed E-state index contributed by atoms with van der Waals surface area (Å²) in [7, 11) is -3.55. The highest BCUT2D eigenvalue weighted by molar-refractivity contribution is 7.92. The van der Waals surface area contributed by atoms with Crippen LogP contribution in [-0.2, 0) is 16.4 Å². The van der Waals surface area contributed by atoms with Crippen molar-refractivity contribution in [3.8, 4) is 16.9 Å². The molecule has 0 aliphatic carbocycles. The summed E-state index contributed by atoms with van der Waals surface area (Å²) < 4.78 is 34.3. The molecule has 0 saturated carbocycles. The highest BCUT2D eigenvalue weighted by Crippen LogP contribution is 2.37. The van der Waals surface area contributed by atoms with Crippen molar-refractivity contribution in [1.82, 2.24) is 9.97 Å². The van der Waals surface area contributed by atoms with Gasteiger partial charge in [-0.25, -0.2) is 18.0 Å². The van der Waals surface area contributed by atoms with E-state index in [4.69, 9.17) is 16.3 Å². The number of anilines is 4. The second-order valence-electron chi connectivity index (χ2n) is 11.3. The number of pyridine rings is 1. The summed E-state index contributed by atoms with van der Waals surface area (Å²) in [5, 5.41) is 6.04. The zero-order chi connectivity index (χ0) is 32.1. The van der Waals surface area contributed by atoms with Crippen LogP contribution in [0.15, 0.2) is 102 Å². The first-order valence-corrected chi connectivity index (χ1v) is 16.7. The Hall–Kier alpha value is -4.47. The fourth-order valence-corrected chi connectivity index (χ4v) is 6.16. The topological polar surface area (TPSA) is 97.1 Å². The standard InChI is InChI=1S/C35H36ClN5O3S/c1-23(2)44-32-20-28(27-15-17-41(18-16-27)22-26-11-7-6-8-12-26)25(5)19-31(32)39-35-37-21-29(36)34(40-35)38-30-13-9-10-14-33(30)45(42,43)24(3)4/h6-21,23-24H,22H2,1-5H3,(H,37,38,40)/p+1. The summed E-state index contributed by atoms with van der Waals surface area (Å²) in [4.78, 5) is 9.14. The van der Waals surface area contributed by atoms with Crippen molar-refractivity contribution in [3.63, 3.8) is 0 Å². The third-order valence-electron chi connectivity index (χ3n) is 7.16. The highest BCUT2D eigenvalue weighted by Gasteiger charge is 2.23. The Morgan fingerprint density at radius 1 is 0.889 bits per heavy atom. The molecule has 0 radical (unpaired) electrons. The molecule has 10 heteroatoms. The van der Waals surface area contributed by atoms with E-state index in [9.17, 15) is 8.42 Å². The van der Waals surface area contributed by atoms with Crippen LogP contribution < -0.4 is 19.9 Å². The number of rotatable bonds is 11. The lowest BCUT2D eigenvalue weighted by molar-refractivity contribution is -0.688. The second-order valence-corrected chi connectivity index (χ2v) is 14.2. The Morgan fingerprint density at radius 3 is 2.27 bits per heavy atom. The van der Waals surface area contributed by atoms with Gasteiger partial charge in [-0.15, -0.1) is 0 Å². The van der Waals surface area contributed by atoms with Crippen molar-refractivity contribution in [2.75, 3.05) is 10.6 Å². The van der Waals surface area contributed by atoms with E-state index in [1.807, 2.05) is 51.1 Å². The summed E-state index contributed by atoms with van der Waals surface area (Å²) in [5.41, 5.74) is 5.47. The van der Waals surface area contributed by atoms with Crippen molar-refractivity contribution < 1.29 is 17.7 Å². The second kappa shape index (κ2) is 13.7. The Labute approximate surface area is 270 Å². The molecule has 0 spiro atoms. The molecule has 0 saturated heterocycles. The smallest absolute Gasteiger partial charge is 0.229 e. The number of hydrogen-bond acceptors (Lipinski definition) is 7. The van der Waals surface area contributed by atoms with Crippen molar-refractivity contribution >= 4 is 44.6 Å². The van der Waals surface area contributed by atoms with Gasteiger partial charge in [0.15, 0.2) is 34.6 Å². The number of aryl methyl sites for hydroxylation is 1. The van der Waals surface area contributed by atoms with Crippen LogP contribution in [0.2, 0.25) is 5.02 Å². The summed E-state index contributed by atoms with van der Waals surface area (Å²) in [6, 6.07) is 25.3. The van der Waals surface area contributed by atoms with Gasteiger partial charge in [-0.1, -0.05) is 54.1 Å². The van der Waals surface area contributed by atoms with E-state index in [0.717, 1.165) is 23.2 Å². The largest absolute Gasteiger partial charge is 0.489 e. The van der Waals surface area contributed by atoms with Crippen molar-refractivity contribution in [3.05, 3.63) is 114 Å². The van der Waals surface area contributed by atoms with Gasteiger partial charge >= 0.3 is 0 Å². The molecule has 0 amide bonds. The average Bonchev–Trinajstić information content (AvgIpc) is 3.01. The van der Waals surface area contributed by atoms with Gasteiger partial charge in [-0.05, 0) is 75.6 Å². The zero-order valence-electron chi connectivity index (χ0n) is 26.0. The summed E-state index contributed by atoms with van der Waals surface area (Å²) >= 11 is 6.46. The molecule has 3 aromatic carbocycles. The lowest BCUT2D eigenvalue weighted by atomic mass is 10.00. The molecule has 0 aliphatic rings. The van der Waals surface area contributed by atoms with Crippen LogP contribution in [-0.4, -0.2) is 29.7 Å².